The van der Waals surface area contributed by atoms with Gasteiger partial charge in [-0.2, -0.15) is 18.3 Å². The average molecular weight is 257 g/mol. The number of aryl methyl sites for hydroxylation is 1. The van der Waals surface area contributed by atoms with Crippen molar-refractivity contribution < 1.29 is 13.2 Å². The smallest absolute Gasteiger partial charge is 0.308 e. The summed E-state index contributed by atoms with van der Waals surface area (Å²) in [5.74, 6) is 5.08. The van der Waals surface area contributed by atoms with Gasteiger partial charge in [-0.25, -0.2) is 15.5 Å². The van der Waals surface area contributed by atoms with Gasteiger partial charge in [-0.15, -0.1) is 0 Å². The van der Waals surface area contributed by atoms with Crippen molar-refractivity contribution >= 4 is 5.82 Å². The van der Waals surface area contributed by atoms with Crippen molar-refractivity contribution in [2.75, 3.05) is 5.43 Å². The summed E-state index contributed by atoms with van der Waals surface area (Å²) in [5.41, 5.74) is 2.08. The molecule has 0 spiro atoms. The van der Waals surface area contributed by atoms with Crippen LogP contribution < -0.4 is 11.3 Å². The Kier molecular flexibility index (Phi) is 2.95. The first-order valence-electron chi connectivity index (χ1n) is 4.97. The molecule has 2 rings (SSSR count). The molecule has 0 amide bonds. The number of hydrazine groups is 1. The molecule has 0 saturated carbocycles. The third-order valence-corrected chi connectivity index (χ3v) is 2.23. The van der Waals surface area contributed by atoms with Gasteiger partial charge in [-0.3, -0.25) is 0 Å². The van der Waals surface area contributed by atoms with Gasteiger partial charge in [0.1, 0.15) is 5.82 Å². The normalized spacial score (nSPS) is 11.6. The van der Waals surface area contributed by atoms with Gasteiger partial charge < -0.3 is 5.43 Å². The van der Waals surface area contributed by atoms with Crippen molar-refractivity contribution in [3.63, 3.8) is 0 Å². The predicted octanol–water partition coefficient (Wildman–Crippen LogP) is 1.88. The van der Waals surface area contributed by atoms with Crippen LogP contribution in [0, 0.1) is 6.92 Å². The SMILES string of the molecule is Cc1cnn(-c2cc(C(F)(F)F)cc(NN)n2)c1. The Labute approximate surface area is 100 Å². The molecule has 18 heavy (non-hydrogen) atoms. The highest BCUT2D eigenvalue weighted by atomic mass is 19.4. The number of hydrogen-bond acceptors (Lipinski definition) is 4. The summed E-state index contributed by atoms with van der Waals surface area (Å²) >= 11 is 0. The van der Waals surface area contributed by atoms with E-state index in [4.69, 9.17) is 5.84 Å². The largest absolute Gasteiger partial charge is 0.416 e. The lowest BCUT2D eigenvalue weighted by Gasteiger charge is -2.10. The number of nitrogens with zero attached hydrogens (tertiary/aromatic N) is 3. The number of pyridine rings is 1. The van der Waals surface area contributed by atoms with Gasteiger partial charge in [0.15, 0.2) is 5.82 Å². The van der Waals surface area contributed by atoms with Crippen molar-refractivity contribution in [2.24, 2.45) is 5.84 Å². The molecule has 2 heterocycles. The van der Waals surface area contributed by atoms with Crippen molar-refractivity contribution in [3.8, 4) is 5.82 Å². The molecular formula is C10H10F3N5. The maximum Gasteiger partial charge on any atom is 0.416 e. The molecule has 2 aromatic rings. The quantitative estimate of drug-likeness (QED) is 0.636. The number of nitrogens with two attached hydrogens (primary N) is 1. The van der Waals surface area contributed by atoms with Crippen LogP contribution in [0.25, 0.3) is 5.82 Å². The Bertz CT molecular complexity index is 561. The molecular weight excluding hydrogens is 247 g/mol. The van der Waals surface area contributed by atoms with E-state index in [-0.39, 0.29) is 11.6 Å². The summed E-state index contributed by atoms with van der Waals surface area (Å²) in [7, 11) is 0. The number of aromatic nitrogens is 3. The van der Waals surface area contributed by atoms with E-state index in [1.807, 2.05) is 0 Å². The number of nitrogens with one attached hydrogen (secondary N) is 1. The number of halogens is 3. The standard InChI is InChI=1S/C10H10F3N5/c1-6-4-15-18(5-6)9-3-7(10(11,12)13)2-8(16-9)17-14/h2-5H,14H2,1H3,(H,16,17). The van der Waals surface area contributed by atoms with Crippen LogP contribution in [-0.2, 0) is 6.18 Å². The van der Waals surface area contributed by atoms with Crippen LogP contribution in [0.4, 0.5) is 19.0 Å². The van der Waals surface area contributed by atoms with Crippen LogP contribution in [0.5, 0.6) is 0 Å². The lowest BCUT2D eigenvalue weighted by Crippen LogP contribution is -2.14. The molecule has 5 nitrogen and oxygen atoms in total. The Balaban J connectivity index is 2.54. The molecule has 0 unspecified atom stereocenters. The van der Waals surface area contributed by atoms with E-state index in [1.54, 1.807) is 13.1 Å². The van der Waals surface area contributed by atoms with E-state index in [0.29, 0.717) is 0 Å². The summed E-state index contributed by atoms with van der Waals surface area (Å²) in [6.07, 6.45) is -1.37. The Morgan fingerprint density at radius 3 is 2.56 bits per heavy atom. The molecule has 0 aromatic carbocycles. The van der Waals surface area contributed by atoms with Crippen LogP contribution in [0.1, 0.15) is 11.1 Å². The first kappa shape index (κ1) is 12.4. The highest BCUT2D eigenvalue weighted by Crippen LogP contribution is 2.31. The number of rotatable bonds is 2. The van der Waals surface area contributed by atoms with Crippen LogP contribution in [-0.4, -0.2) is 14.8 Å². The number of nitrogen functional groups attached to an aromatic ring is 1. The minimum absolute atomic E-state index is 0.0471. The first-order chi connectivity index (χ1) is 8.40. The maximum absolute atomic E-state index is 12.7. The van der Waals surface area contributed by atoms with Crippen molar-refractivity contribution in [1.29, 1.82) is 0 Å². The molecule has 0 bridgehead atoms. The molecule has 96 valence electrons. The van der Waals surface area contributed by atoms with E-state index in [1.165, 1.54) is 10.9 Å². The second-order valence-electron chi connectivity index (χ2n) is 3.70. The monoisotopic (exact) mass is 257 g/mol. The van der Waals surface area contributed by atoms with Gasteiger partial charge in [0, 0.05) is 6.20 Å². The van der Waals surface area contributed by atoms with Gasteiger partial charge in [0.2, 0.25) is 0 Å². The molecule has 8 heteroatoms. The zero-order chi connectivity index (χ0) is 13.3. The molecule has 0 atom stereocenters. The molecule has 0 radical (unpaired) electrons. The Morgan fingerprint density at radius 2 is 2.06 bits per heavy atom. The minimum atomic E-state index is -4.47. The lowest BCUT2D eigenvalue weighted by molar-refractivity contribution is -0.137. The summed E-state index contributed by atoms with van der Waals surface area (Å²) in [6, 6.07) is 1.74. The second-order valence-corrected chi connectivity index (χ2v) is 3.70. The summed E-state index contributed by atoms with van der Waals surface area (Å²) in [6.45, 7) is 1.78. The van der Waals surface area contributed by atoms with Gasteiger partial charge in [0.25, 0.3) is 0 Å². The fourth-order valence-corrected chi connectivity index (χ4v) is 1.41. The molecule has 0 aliphatic heterocycles. The fourth-order valence-electron chi connectivity index (χ4n) is 1.41. The van der Waals surface area contributed by atoms with E-state index < -0.39 is 11.7 Å². The van der Waals surface area contributed by atoms with Crippen LogP contribution >= 0.6 is 0 Å². The number of alkyl halides is 3. The number of hydrogen-bond donors (Lipinski definition) is 2. The zero-order valence-corrected chi connectivity index (χ0v) is 9.36. The van der Waals surface area contributed by atoms with Gasteiger partial charge >= 0.3 is 6.18 Å². The molecule has 0 fully saturated rings. The van der Waals surface area contributed by atoms with E-state index in [0.717, 1.165) is 17.7 Å². The second kappa shape index (κ2) is 4.30. The average Bonchev–Trinajstić information content (AvgIpc) is 2.74. The topological polar surface area (TPSA) is 68.8 Å². The predicted molar refractivity (Wildman–Crippen MR) is 58.9 cm³/mol. The molecule has 2 aromatic heterocycles. The van der Waals surface area contributed by atoms with Crippen molar-refractivity contribution in [1.82, 2.24) is 14.8 Å². The summed E-state index contributed by atoms with van der Waals surface area (Å²) in [5, 5.41) is 3.90. The van der Waals surface area contributed by atoms with Gasteiger partial charge in [-0.1, -0.05) is 0 Å². The summed E-state index contributed by atoms with van der Waals surface area (Å²) in [4.78, 5) is 3.91. The highest BCUT2D eigenvalue weighted by molar-refractivity contribution is 5.44. The highest BCUT2D eigenvalue weighted by Gasteiger charge is 2.31. The Hall–Kier alpha value is -2.09. The van der Waals surface area contributed by atoms with E-state index in [2.05, 4.69) is 15.5 Å². The molecule has 0 aliphatic rings. The van der Waals surface area contributed by atoms with Gasteiger partial charge in [0.05, 0.1) is 11.8 Å². The van der Waals surface area contributed by atoms with E-state index in [9.17, 15) is 13.2 Å². The maximum atomic E-state index is 12.7. The number of anilines is 1. The Morgan fingerprint density at radius 1 is 1.33 bits per heavy atom. The zero-order valence-electron chi connectivity index (χ0n) is 9.36. The minimum Gasteiger partial charge on any atom is -0.308 e. The fraction of sp³-hybridized carbons (Fsp3) is 0.200. The van der Waals surface area contributed by atoms with Crippen LogP contribution in [0.2, 0.25) is 0 Å². The van der Waals surface area contributed by atoms with Gasteiger partial charge in [-0.05, 0) is 24.6 Å². The molecule has 0 aliphatic carbocycles. The first-order valence-corrected chi connectivity index (χ1v) is 4.97. The van der Waals surface area contributed by atoms with Crippen LogP contribution in [0.15, 0.2) is 24.5 Å². The van der Waals surface area contributed by atoms with Crippen molar-refractivity contribution in [2.45, 2.75) is 13.1 Å². The van der Waals surface area contributed by atoms with Crippen molar-refractivity contribution in [3.05, 3.63) is 35.7 Å². The third kappa shape index (κ3) is 2.43. The third-order valence-electron chi connectivity index (χ3n) is 2.23. The molecule has 0 saturated heterocycles. The van der Waals surface area contributed by atoms with Crippen LogP contribution in [0.3, 0.4) is 0 Å². The lowest BCUT2D eigenvalue weighted by atomic mass is 10.2. The van der Waals surface area contributed by atoms with E-state index >= 15 is 0 Å². The summed E-state index contributed by atoms with van der Waals surface area (Å²) < 4.78 is 39.3. The molecule has 3 N–H and O–H groups in total.